The van der Waals surface area contributed by atoms with Crippen LogP contribution in [0.4, 0.5) is 0 Å². The Morgan fingerprint density at radius 1 is 1.00 bits per heavy atom. The number of hydrogen-bond donors (Lipinski definition) is 1. The third kappa shape index (κ3) is 3.47. The number of para-hydroxylation sites is 2. The van der Waals surface area contributed by atoms with Crippen LogP contribution in [0.1, 0.15) is 24.6 Å². The number of rotatable bonds is 5. The second-order valence-corrected chi connectivity index (χ2v) is 6.35. The Morgan fingerprint density at radius 2 is 1.81 bits per heavy atom. The van der Waals surface area contributed by atoms with Gasteiger partial charge in [0.05, 0.1) is 17.6 Å². The van der Waals surface area contributed by atoms with Gasteiger partial charge in [0.15, 0.2) is 0 Å². The Kier molecular flexibility index (Phi) is 4.71. The van der Waals surface area contributed by atoms with Crippen LogP contribution >= 0.6 is 0 Å². The third-order valence-corrected chi connectivity index (χ3v) is 4.43. The molecule has 3 aromatic carbocycles. The van der Waals surface area contributed by atoms with Gasteiger partial charge in [0.25, 0.3) is 5.56 Å². The molecule has 4 aromatic rings. The van der Waals surface area contributed by atoms with Gasteiger partial charge in [-0.25, -0.2) is 4.98 Å². The van der Waals surface area contributed by atoms with Gasteiger partial charge in [-0.3, -0.25) is 4.79 Å². The molecule has 0 saturated heterocycles. The maximum absolute atomic E-state index is 12.4. The van der Waals surface area contributed by atoms with Gasteiger partial charge >= 0.3 is 0 Å². The number of nitrogens with zero attached hydrogens (tertiary/aromatic N) is 1. The van der Waals surface area contributed by atoms with Crippen molar-refractivity contribution in [3.05, 3.63) is 82.3 Å². The highest BCUT2D eigenvalue weighted by atomic mass is 16.5. The Balaban J connectivity index is 1.82. The normalized spacial score (nSPS) is 11.4. The van der Waals surface area contributed by atoms with Gasteiger partial charge in [0.1, 0.15) is 11.4 Å². The van der Waals surface area contributed by atoms with Crippen LogP contribution in [0.3, 0.4) is 0 Å². The lowest BCUT2D eigenvalue weighted by Crippen LogP contribution is -2.11. The summed E-state index contributed by atoms with van der Waals surface area (Å²) >= 11 is 0. The molecule has 0 unspecified atom stereocenters. The minimum atomic E-state index is -0.207. The van der Waals surface area contributed by atoms with E-state index < -0.39 is 0 Å². The number of fused-ring (bicyclic) bond motifs is 2. The molecular formula is C23H20N2O2. The van der Waals surface area contributed by atoms with E-state index >= 15 is 0 Å². The van der Waals surface area contributed by atoms with E-state index in [-0.39, 0.29) is 5.56 Å². The molecule has 0 aliphatic carbocycles. The summed E-state index contributed by atoms with van der Waals surface area (Å²) in [4.78, 5) is 19.7. The summed E-state index contributed by atoms with van der Waals surface area (Å²) < 4.78 is 5.93. The highest BCUT2D eigenvalue weighted by Gasteiger charge is 2.07. The number of benzene rings is 3. The number of hydrogen-bond acceptors (Lipinski definition) is 3. The molecule has 0 bridgehead atoms. The van der Waals surface area contributed by atoms with E-state index in [4.69, 9.17) is 4.74 Å². The lowest BCUT2D eigenvalue weighted by molar-refractivity contribution is 0.317. The van der Waals surface area contributed by atoms with E-state index in [0.717, 1.165) is 39.5 Å². The van der Waals surface area contributed by atoms with Gasteiger partial charge in [0, 0.05) is 5.56 Å². The summed E-state index contributed by atoms with van der Waals surface area (Å²) in [6.07, 6.45) is 4.60. The zero-order valence-corrected chi connectivity index (χ0v) is 15.1. The van der Waals surface area contributed by atoms with Crippen LogP contribution in [0.15, 0.2) is 65.5 Å². The predicted octanol–water partition coefficient (Wildman–Crippen LogP) is 5.04. The van der Waals surface area contributed by atoms with Gasteiger partial charge in [-0.05, 0) is 47.5 Å². The second-order valence-electron chi connectivity index (χ2n) is 6.35. The number of nitrogens with one attached hydrogen (secondary N) is 1. The van der Waals surface area contributed by atoms with E-state index in [1.165, 1.54) is 0 Å². The maximum Gasteiger partial charge on any atom is 0.274 e. The molecule has 0 fully saturated rings. The van der Waals surface area contributed by atoms with Crippen molar-refractivity contribution in [1.29, 1.82) is 0 Å². The van der Waals surface area contributed by atoms with Crippen molar-refractivity contribution in [2.45, 2.75) is 13.3 Å². The molecule has 0 atom stereocenters. The molecule has 134 valence electrons. The largest absolute Gasteiger partial charge is 0.493 e. The van der Waals surface area contributed by atoms with Crippen LogP contribution in [0.5, 0.6) is 5.75 Å². The molecule has 0 spiro atoms. The SMILES string of the molecule is CCCOc1ccc2ccccc2c1/C=C/c1nc2ccccc2[nH]c1=O. The monoisotopic (exact) mass is 356 g/mol. The van der Waals surface area contributed by atoms with E-state index in [1.54, 1.807) is 6.08 Å². The summed E-state index contributed by atoms with van der Waals surface area (Å²) in [6.45, 7) is 2.73. The summed E-state index contributed by atoms with van der Waals surface area (Å²) in [6, 6.07) is 19.7. The van der Waals surface area contributed by atoms with Gasteiger partial charge in [-0.1, -0.05) is 49.4 Å². The molecule has 0 radical (unpaired) electrons. The van der Waals surface area contributed by atoms with Gasteiger partial charge in [-0.2, -0.15) is 0 Å². The van der Waals surface area contributed by atoms with Gasteiger partial charge < -0.3 is 9.72 Å². The number of ether oxygens (including phenoxy) is 1. The number of aromatic nitrogens is 2. The highest BCUT2D eigenvalue weighted by Crippen LogP contribution is 2.30. The molecule has 1 aromatic heterocycles. The molecule has 4 nitrogen and oxygen atoms in total. The molecule has 0 aliphatic rings. The summed E-state index contributed by atoms with van der Waals surface area (Å²) in [5.41, 5.74) is 2.62. The average Bonchev–Trinajstić information content (AvgIpc) is 2.71. The van der Waals surface area contributed by atoms with Crippen molar-refractivity contribution < 1.29 is 4.74 Å². The van der Waals surface area contributed by atoms with Crippen molar-refractivity contribution in [3.8, 4) is 5.75 Å². The van der Waals surface area contributed by atoms with Crippen LogP contribution in [-0.2, 0) is 0 Å². The molecule has 4 heteroatoms. The molecule has 4 rings (SSSR count). The topological polar surface area (TPSA) is 55.0 Å². The van der Waals surface area contributed by atoms with Crippen molar-refractivity contribution in [2.24, 2.45) is 0 Å². The van der Waals surface area contributed by atoms with Gasteiger partial charge in [0.2, 0.25) is 0 Å². The van der Waals surface area contributed by atoms with Crippen LogP contribution in [0, 0.1) is 0 Å². The molecule has 0 aliphatic heterocycles. The first kappa shape index (κ1) is 17.0. The molecule has 27 heavy (non-hydrogen) atoms. The molecule has 1 heterocycles. The quantitative estimate of drug-likeness (QED) is 0.545. The number of H-pyrrole nitrogens is 1. The highest BCUT2D eigenvalue weighted by molar-refractivity contribution is 5.95. The fraction of sp³-hybridized carbons (Fsp3) is 0.130. The zero-order chi connectivity index (χ0) is 18.6. The van der Waals surface area contributed by atoms with E-state index in [1.807, 2.05) is 48.5 Å². The van der Waals surface area contributed by atoms with Crippen molar-refractivity contribution in [3.63, 3.8) is 0 Å². The standard InChI is InChI=1S/C23H20N2O2/c1-2-15-27-22-14-11-16-7-3-4-8-17(16)18(22)12-13-21-23(26)25-20-10-6-5-9-19(20)24-21/h3-14H,2,15H2,1H3,(H,25,26)/b13-12+. The van der Waals surface area contributed by atoms with Crippen LogP contribution in [-0.4, -0.2) is 16.6 Å². The minimum absolute atomic E-state index is 0.207. The van der Waals surface area contributed by atoms with Crippen molar-refractivity contribution in [1.82, 2.24) is 9.97 Å². The Hall–Kier alpha value is -3.40. The molecule has 0 saturated carbocycles. The van der Waals surface area contributed by atoms with Crippen molar-refractivity contribution >= 4 is 34.0 Å². The average molecular weight is 356 g/mol. The molecular weight excluding hydrogens is 336 g/mol. The smallest absolute Gasteiger partial charge is 0.274 e. The van der Waals surface area contributed by atoms with Crippen LogP contribution in [0.2, 0.25) is 0 Å². The Bertz CT molecular complexity index is 1190. The fourth-order valence-corrected chi connectivity index (χ4v) is 3.10. The fourth-order valence-electron chi connectivity index (χ4n) is 3.10. The van der Waals surface area contributed by atoms with Crippen molar-refractivity contribution in [2.75, 3.05) is 6.61 Å². The summed E-state index contributed by atoms with van der Waals surface area (Å²) in [5, 5.41) is 2.21. The third-order valence-electron chi connectivity index (χ3n) is 4.43. The first-order valence-electron chi connectivity index (χ1n) is 9.08. The Labute approximate surface area is 157 Å². The Morgan fingerprint density at radius 3 is 2.70 bits per heavy atom. The molecule has 1 N–H and O–H groups in total. The number of aromatic amines is 1. The van der Waals surface area contributed by atoms with E-state index in [9.17, 15) is 4.79 Å². The van der Waals surface area contributed by atoms with Crippen LogP contribution < -0.4 is 10.3 Å². The van der Waals surface area contributed by atoms with E-state index in [2.05, 4.69) is 35.1 Å². The van der Waals surface area contributed by atoms with E-state index in [0.29, 0.717) is 12.3 Å². The lowest BCUT2D eigenvalue weighted by atomic mass is 10.0. The minimum Gasteiger partial charge on any atom is -0.493 e. The summed E-state index contributed by atoms with van der Waals surface area (Å²) in [7, 11) is 0. The first-order valence-corrected chi connectivity index (χ1v) is 9.08. The van der Waals surface area contributed by atoms with Gasteiger partial charge in [-0.15, -0.1) is 0 Å². The predicted molar refractivity (Wildman–Crippen MR) is 111 cm³/mol. The van der Waals surface area contributed by atoms with Crippen LogP contribution in [0.25, 0.3) is 34.0 Å². The zero-order valence-electron chi connectivity index (χ0n) is 15.1. The lowest BCUT2D eigenvalue weighted by Gasteiger charge is -2.11. The summed E-state index contributed by atoms with van der Waals surface area (Å²) in [5.74, 6) is 0.809. The maximum atomic E-state index is 12.4. The molecule has 0 amide bonds. The second kappa shape index (κ2) is 7.46. The first-order chi connectivity index (χ1) is 13.3.